The first kappa shape index (κ1) is 6.59. The fourth-order valence-electron chi connectivity index (χ4n) is 0.808. The first-order chi connectivity index (χ1) is 4.20. The summed E-state index contributed by atoms with van der Waals surface area (Å²) in [6.45, 7) is 6.37. The van der Waals surface area contributed by atoms with Gasteiger partial charge in [0.25, 0.3) is 0 Å². The van der Waals surface area contributed by atoms with E-state index in [2.05, 4.69) is 26.1 Å². The quantitative estimate of drug-likeness (QED) is 0.466. The molecule has 1 nitrogen and oxygen atoms in total. The van der Waals surface area contributed by atoms with E-state index in [4.69, 9.17) is 0 Å². The molecule has 1 radical (unpaired) electrons. The van der Waals surface area contributed by atoms with Gasteiger partial charge in [-0.25, -0.2) is 0 Å². The maximum absolute atomic E-state index is 4.14. The molecule has 0 aromatic heterocycles. The Morgan fingerprint density at radius 3 is 2.44 bits per heavy atom. The lowest BCUT2D eigenvalue weighted by molar-refractivity contribution is 0.810. The molecule has 0 atom stereocenters. The van der Waals surface area contributed by atoms with Crippen LogP contribution in [0.2, 0.25) is 0 Å². The Bertz CT molecular complexity index is 168. The zero-order valence-electron chi connectivity index (χ0n) is 6.18. The molecule has 0 aliphatic carbocycles. The lowest BCUT2D eigenvalue weighted by Crippen LogP contribution is -2.06. The zero-order valence-corrected chi connectivity index (χ0v) is 6.18. The van der Waals surface area contributed by atoms with Gasteiger partial charge < -0.3 is 0 Å². The van der Waals surface area contributed by atoms with Crippen molar-refractivity contribution in [2.24, 2.45) is 10.9 Å². The minimum absolute atomic E-state index is 0.617. The van der Waals surface area contributed by atoms with Crippen molar-refractivity contribution in [2.45, 2.75) is 20.8 Å². The molecule has 0 bridgehead atoms. The average Bonchev–Trinajstić information content (AvgIpc) is 2.14. The maximum Gasteiger partial charge on any atom is 0.207 e. The number of rotatable bonds is 1. The number of hydrogen-bond acceptors (Lipinski definition) is 1. The second-order valence-corrected chi connectivity index (χ2v) is 2.70. The van der Waals surface area contributed by atoms with Crippen molar-refractivity contribution in [1.82, 2.24) is 0 Å². The fourth-order valence-corrected chi connectivity index (χ4v) is 0.808. The predicted molar refractivity (Wildman–Crippen MR) is 41.8 cm³/mol. The Labute approximate surface area is 57.1 Å². The van der Waals surface area contributed by atoms with E-state index in [1.165, 1.54) is 5.47 Å². The Morgan fingerprint density at radius 1 is 1.56 bits per heavy atom. The predicted octanol–water partition coefficient (Wildman–Crippen LogP) is 1.62. The first-order valence-corrected chi connectivity index (χ1v) is 3.29. The SMILES string of the molecule is CC1=NC=C(C(C)C)[B]1. The van der Waals surface area contributed by atoms with E-state index >= 15 is 0 Å². The summed E-state index contributed by atoms with van der Waals surface area (Å²) < 4.78 is 0. The van der Waals surface area contributed by atoms with E-state index in [9.17, 15) is 0 Å². The molecule has 47 valence electrons. The molecule has 1 aliphatic heterocycles. The molecule has 1 rings (SSSR count). The summed E-state index contributed by atoms with van der Waals surface area (Å²) in [4.78, 5) is 4.14. The molecule has 1 aliphatic rings. The van der Waals surface area contributed by atoms with E-state index < -0.39 is 0 Å². The summed E-state index contributed by atoms with van der Waals surface area (Å²) in [6, 6.07) is 0. The first-order valence-electron chi connectivity index (χ1n) is 3.29. The summed E-state index contributed by atoms with van der Waals surface area (Å²) >= 11 is 0. The van der Waals surface area contributed by atoms with Gasteiger partial charge in [0.1, 0.15) is 0 Å². The van der Waals surface area contributed by atoms with E-state index in [-0.39, 0.29) is 0 Å². The molecule has 0 aromatic rings. The number of aliphatic imine (C=N–C) groups is 1. The lowest BCUT2D eigenvalue weighted by Gasteiger charge is -2.01. The van der Waals surface area contributed by atoms with Crippen LogP contribution in [-0.2, 0) is 0 Å². The van der Waals surface area contributed by atoms with Crippen molar-refractivity contribution < 1.29 is 0 Å². The molecular weight excluding hydrogens is 109 g/mol. The van der Waals surface area contributed by atoms with Crippen LogP contribution >= 0.6 is 0 Å². The van der Waals surface area contributed by atoms with Crippen molar-refractivity contribution in [3.05, 3.63) is 11.7 Å². The van der Waals surface area contributed by atoms with Gasteiger partial charge in [-0.3, -0.25) is 4.99 Å². The monoisotopic (exact) mass is 120 g/mol. The summed E-state index contributed by atoms with van der Waals surface area (Å²) in [6.07, 6.45) is 1.94. The van der Waals surface area contributed by atoms with Crippen molar-refractivity contribution >= 4 is 12.9 Å². The van der Waals surface area contributed by atoms with Crippen LogP contribution in [0.3, 0.4) is 0 Å². The van der Waals surface area contributed by atoms with E-state index in [1.807, 2.05) is 13.1 Å². The van der Waals surface area contributed by atoms with Crippen molar-refractivity contribution in [1.29, 1.82) is 0 Å². The molecule has 0 spiro atoms. The standard InChI is InChI=1S/C7H11BN/c1-5(2)7-4-9-6(3)8-7/h4-5H,1-3H3. The van der Waals surface area contributed by atoms with Crippen LogP contribution in [0.15, 0.2) is 16.7 Å². The van der Waals surface area contributed by atoms with Crippen LogP contribution in [0, 0.1) is 5.92 Å². The Balaban J connectivity index is 2.54. The highest BCUT2D eigenvalue weighted by Gasteiger charge is 2.10. The van der Waals surface area contributed by atoms with Gasteiger partial charge in [0, 0.05) is 6.20 Å². The molecule has 1 heterocycles. The topological polar surface area (TPSA) is 12.4 Å². The lowest BCUT2D eigenvalue weighted by atomic mass is 9.63. The minimum atomic E-state index is 0.617. The largest absolute Gasteiger partial charge is 0.277 e. The number of allylic oxidation sites excluding steroid dienone is 1. The van der Waals surface area contributed by atoms with E-state index in [0.717, 1.165) is 5.61 Å². The van der Waals surface area contributed by atoms with Crippen LogP contribution in [-0.4, -0.2) is 12.9 Å². The van der Waals surface area contributed by atoms with Crippen LogP contribution in [0.1, 0.15) is 20.8 Å². The minimum Gasteiger partial charge on any atom is -0.277 e. The molecule has 0 N–H and O–H groups in total. The molecule has 0 saturated heterocycles. The smallest absolute Gasteiger partial charge is 0.207 e. The van der Waals surface area contributed by atoms with Crippen molar-refractivity contribution in [3.8, 4) is 0 Å². The fraction of sp³-hybridized carbons (Fsp3) is 0.571. The molecular formula is C7H11BN. The normalized spacial score (nSPS) is 17.3. The van der Waals surface area contributed by atoms with E-state index in [1.54, 1.807) is 0 Å². The Hall–Kier alpha value is -0.525. The summed E-state index contributed by atoms with van der Waals surface area (Å²) in [5.74, 6) is 0.617. The summed E-state index contributed by atoms with van der Waals surface area (Å²) in [5, 5.41) is 0. The number of hydrogen-bond donors (Lipinski definition) is 0. The molecule has 0 saturated carbocycles. The molecule has 0 unspecified atom stereocenters. The van der Waals surface area contributed by atoms with Crippen LogP contribution in [0.25, 0.3) is 0 Å². The second kappa shape index (κ2) is 2.38. The average molecular weight is 120 g/mol. The second-order valence-electron chi connectivity index (χ2n) is 2.70. The Morgan fingerprint density at radius 2 is 2.22 bits per heavy atom. The highest BCUT2D eigenvalue weighted by molar-refractivity contribution is 6.81. The molecule has 0 amide bonds. The van der Waals surface area contributed by atoms with Gasteiger partial charge >= 0.3 is 0 Å². The van der Waals surface area contributed by atoms with Gasteiger partial charge in [-0.15, -0.1) is 0 Å². The van der Waals surface area contributed by atoms with Crippen LogP contribution < -0.4 is 0 Å². The highest BCUT2D eigenvalue weighted by atomic mass is 14.7. The molecule has 2 heteroatoms. The third-order valence-electron chi connectivity index (χ3n) is 1.46. The number of nitrogens with zero attached hydrogens (tertiary/aromatic N) is 1. The van der Waals surface area contributed by atoms with E-state index in [0.29, 0.717) is 5.92 Å². The van der Waals surface area contributed by atoms with Gasteiger partial charge in [0.2, 0.25) is 7.28 Å². The van der Waals surface area contributed by atoms with Gasteiger partial charge in [0.05, 0.1) is 0 Å². The third kappa shape index (κ3) is 1.44. The maximum atomic E-state index is 4.14. The van der Waals surface area contributed by atoms with Gasteiger partial charge in [0.15, 0.2) is 0 Å². The van der Waals surface area contributed by atoms with Gasteiger partial charge in [-0.05, 0) is 18.5 Å². The molecule has 0 fully saturated rings. The molecule has 9 heavy (non-hydrogen) atoms. The summed E-state index contributed by atoms with van der Waals surface area (Å²) in [7, 11) is 2.13. The van der Waals surface area contributed by atoms with Gasteiger partial charge in [-0.2, -0.15) is 0 Å². The van der Waals surface area contributed by atoms with Crippen LogP contribution in [0.5, 0.6) is 0 Å². The van der Waals surface area contributed by atoms with Gasteiger partial charge in [-0.1, -0.05) is 19.3 Å². The van der Waals surface area contributed by atoms with Crippen LogP contribution in [0.4, 0.5) is 0 Å². The summed E-state index contributed by atoms with van der Waals surface area (Å²) in [5.41, 5.74) is 2.46. The highest BCUT2D eigenvalue weighted by Crippen LogP contribution is 2.12. The Kier molecular flexibility index (Phi) is 1.74. The van der Waals surface area contributed by atoms with Crippen molar-refractivity contribution in [2.75, 3.05) is 0 Å². The molecule has 0 aromatic carbocycles. The van der Waals surface area contributed by atoms with Crippen molar-refractivity contribution in [3.63, 3.8) is 0 Å². The third-order valence-corrected chi connectivity index (χ3v) is 1.46. The zero-order chi connectivity index (χ0) is 6.85.